The summed E-state index contributed by atoms with van der Waals surface area (Å²) < 4.78 is 68.5. The highest BCUT2D eigenvalue weighted by Crippen LogP contribution is 2.45. The van der Waals surface area contributed by atoms with Gasteiger partial charge in [0.1, 0.15) is 19.3 Å². The summed E-state index contributed by atoms with van der Waals surface area (Å²) >= 11 is 0. The molecule has 0 aromatic carbocycles. The third kappa shape index (κ3) is 72.4. The molecule has 2 unspecified atom stereocenters. The van der Waals surface area contributed by atoms with Crippen LogP contribution in [0, 0.1) is 11.8 Å². The van der Waals surface area contributed by atoms with Gasteiger partial charge in [-0.3, -0.25) is 37.3 Å². The molecule has 0 aliphatic carbocycles. The van der Waals surface area contributed by atoms with E-state index in [-0.39, 0.29) is 25.7 Å². The molecule has 0 aliphatic rings. The second-order valence-corrected chi connectivity index (χ2v) is 32.3. The number of carbonyl (C=O) groups excluding carboxylic acids is 4. The minimum absolute atomic E-state index is 0.105. The topological polar surface area (TPSA) is 237 Å². The fourth-order valence-electron chi connectivity index (χ4n) is 12.2. The number of esters is 4. The summed E-state index contributed by atoms with van der Waals surface area (Å²) in [4.78, 5) is 72.8. The first-order valence-corrected chi connectivity index (χ1v) is 44.0. The molecule has 0 aromatic heterocycles. The van der Waals surface area contributed by atoms with E-state index in [4.69, 9.17) is 37.0 Å². The molecule has 0 saturated heterocycles. The number of unbranched alkanes of at least 4 members (excludes halogenated alkanes) is 48. The highest BCUT2D eigenvalue weighted by molar-refractivity contribution is 7.47. The SMILES string of the molecule is CCCCCCCCCCCCCCCCCCCCCCC(=O)O[C@H](COC(=O)CCCCCCCCCCCCCCCCCC(C)C)COP(=O)(O)OC[C@@H](O)COP(=O)(O)OC[C@@H](COC(=O)CCCCCCCCCC)OC(=O)CCCCCCCCCCCC(C)C. The number of ether oxygens (including phenoxy) is 4. The van der Waals surface area contributed by atoms with Crippen LogP contribution < -0.4 is 0 Å². The molecule has 0 rings (SSSR count). The lowest BCUT2D eigenvalue weighted by atomic mass is 10.0. The van der Waals surface area contributed by atoms with Crippen molar-refractivity contribution in [2.75, 3.05) is 39.6 Å². The molecular weight excluding hydrogens is 1280 g/mol. The van der Waals surface area contributed by atoms with Crippen LogP contribution in [0.4, 0.5) is 0 Å². The molecule has 5 atom stereocenters. The second kappa shape index (κ2) is 70.7. The summed E-state index contributed by atoms with van der Waals surface area (Å²) in [5.74, 6) is -0.572. The van der Waals surface area contributed by atoms with E-state index in [2.05, 4.69) is 41.5 Å². The third-order valence-corrected chi connectivity index (χ3v) is 20.4. The Hall–Kier alpha value is -1.94. The predicted octanol–water partition coefficient (Wildman–Crippen LogP) is 23.5. The predicted molar refractivity (Wildman–Crippen MR) is 400 cm³/mol. The van der Waals surface area contributed by atoms with Gasteiger partial charge >= 0.3 is 39.5 Å². The van der Waals surface area contributed by atoms with Gasteiger partial charge in [-0.25, -0.2) is 9.13 Å². The van der Waals surface area contributed by atoms with Crippen molar-refractivity contribution >= 4 is 39.5 Å². The highest BCUT2D eigenvalue weighted by Gasteiger charge is 2.30. The van der Waals surface area contributed by atoms with E-state index in [0.717, 1.165) is 108 Å². The summed E-state index contributed by atoms with van der Waals surface area (Å²) in [5, 5.41) is 10.6. The number of hydrogen-bond acceptors (Lipinski definition) is 15. The number of aliphatic hydroxyl groups excluding tert-OH is 1. The molecule has 0 heterocycles. The maximum atomic E-state index is 13.1. The average Bonchev–Trinajstić information content (AvgIpc) is 1.09. The van der Waals surface area contributed by atoms with E-state index < -0.39 is 97.5 Å². The number of carbonyl (C=O) groups is 4. The van der Waals surface area contributed by atoms with Crippen molar-refractivity contribution < 1.29 is 80.2 Å². The van der Waals surface area contributed by atoms with Crippen LogP contribution in [0.1, 0.15) is 414 Å². The Morgan fingerprint density at radius 3 is 0.694 bits per heavy atom. The van der Waals surface area contributed by atoms with Crippen molar-refractivity contribution in [2.24, 2.45) is 11.8 Å². The molecule has 0 aromatic rings. The Balaban J connectivity index is 5.19. The van der Waals surface area contributed by atoms with Crippen molar-refractivity contribution in [1.29, 1.82) is 0 Å². The van der Waals surface area contributed by atoms with Crippen molar-refractivity contribution in [2.45, 2.75) is 432 Å². The Labute approximate surface area is 600 Å². The zero-order valence-electron chi connectivity index (χ0n) is 64.1. The second-order valence-electron chi connectivity index (χ2n) is 29.4. The normalized spacial score (nSPS) is 13.9. The zero-order valence-corrected chi connectivity index (χ0v) is 65.9. The highest BCUT2D eigenvalue weighted by atomic mass is 31.2. The number of hydrogen-bond donors (Lipinski definition) is 3. The minimum Gasteiger partial charge on any atom is -0.462 e. The molecule has 0 bridgehead atoms. The molecule has 0 fully saturated rings. The van der Waals surface area contributed by atoms with Gasteiger partial charge < -0.3 is 33.8 Å². The van der Waals surface area contributed by atoms with Gasteiger partial charge in [-0.2, -0.15) is 0 Å². The van der Waals surface area contributed by atoms with Crippen molar-refractivity contribution in [3.63, 3.8) is 0 Å². The minimum atomic E-state index is -4.96. The Morgan fingerprint density at radius 2 is 0.469 bits per heavy atom. The monoisotopic (exact) mass is 1440 g/mol. The van der Waals surface area contributed by atoms with Crippen molar-refractivity contribution in [3.8, 4) is 0 Å². The smallest absolute Gasteiger partial charge is 0.462 e. The molecule has 0 radical (unpaired) electrons. The van der Waals surface area contributed by atoms with Crippen LogP contribution >= 0.6 is 15.6 Å². The lowest BCUT2D eigenvalue weighted by Gasteiger charge is -2.21. The van der Waals surface area contributed by atoms with Gasteiger partial charge in [0.15, 0.2) is 12.2 Å². The van der Waals surface area contributed by atoms with E-state index in [1.807, 2.05) is 0 Å². The largest absolute Gasteiger partial charge is 0.472 e. The summed E-state index contributed by atoms with van der Waals surface area (Å²) in [6.45, 7) is 9.59. The van der Waals surface area contributed by atoms with Gasteiger partial charge in [-0.1, -0.05) is 363 Å². The first-order chi connectivity index (χ1) is 47.4. The summed E-state index contributed by atoms with van der Waals surface area (Å²) in [5.41, 5.74) is 0. The number of rotatable bonds is 78. The first-order valence-electron chi connectivity index (χ1n) is 41.0. The Bertz CT molecular complexity index is 1890. The molecule has 0 saturated carbocycles. The Morgan fingerprint density at radius 1 is 0.276 bits per heavy atom. The fourth-order valence-corrected chi connectivity index (χ4v) is 13.8. The molecular formula is C79H154O17P2. The van der Waals surface area contributed by atoms with Gasteiger partial charge in [-0.05, 0) is 37.5 Å². The maximum Gasteiger partial charge on any atom is 0.472 e. The molecule has 0 aliphatic heterocycles. The van der Waals surface area contributed by atoms with Gasteiger partial charge in [0.25, 0.3) is 0 Å². The Kier molecular flexibility index (Phi) is 69.3. The summed E-state index contributed by atoms with van der Waals surface area (Å²) in [6, 6.07) is 0. The lowest BCUT2D eigenvalue weighted by molar-refractivity contribution is -0.161. The maximum absolute atomic E-state index is 13.1. The van der Waals surface area contributed by atoms with E-state index >= 15 is 0 Å². The van der Waals surface area contributed by atoms with Crippen LogP contribution in [-0.2, 0) is 65.4 Å². The van der Waals surface area contributed by atoms with Gasteiger partial charge in [-0.15, -0.1) is 0 Å². The molecule has 3 N–H and O–H groups in total. The zero-order chi connectivity index (χ0) is 72.1. The summed E-state index contributed by atoms with van der Waals surface area (Å²) in [6.07, 6.45) is 59.9. The molecule has 0 amide bonds. The lowest BCUT2D eigenvalue weighted by Crippen LogP contribution is -2.30. The molecule has 582 valence electrons. The van der Waals surface area contributed by atoms with Crippen LogP contribution in [0.3, 0.4) is 0 Å². The molecule has 19 heteroatoms. The standard InChI is InChI=1S/C79H154O17P2/c1-7-9-11-13-15-17-18-19-20-21-22-23-24-27-31-34-39-45-51-57-63-78(83)95-75(68-90-77(82)62-56-50-44-38-33-30-28-25-26-29-32-36-41-47-53-59-71(3)4)70-94-98(87,88)92-66-73(80)65-91-97(85,86)93-69-74(67-89-76(81)61-55-49-43-16-14-12-10-8-2)96-79(84)64-58-52-46-40-35-37-42-48-54-60-72(5)6/h71-75,80H,7-70H2,1-6H3,(H,85,86)(H,87,88)/t73-,74+,75+/m0/s1. The van der Waals surface area contributed by atoms with Crippen LogP contribution in [0.2, 0.25) is 0 Å². The molecule has 0 spiro atoms. The van der Waals surface area contributed by atoms with E-state index in [1.54, 1.807) is 0 Å². The van der Waals surface area contributed by atoms with E-state index in [0.29, 0.717) is 25.7 Å². The third-order valence-electron chi connectivity index (χ3n) is 18.5. The molecule has 98 heavy (non-hydrogen) atoms. The van der Waals surface area contributed by atoms with Crippen LogP contribution in [0.15, 0.2) is 0 Å². The van der Waals surface area contributed by atoms with Gasteiger partial charge in [0.2, 0.25) is 0 Å². The fraction of sp³-hybridized carbons (Fsp3) is 0.949. The van der Waals surface area contributed by atoms with Gasteiger partial charge in [0.05, 0.1) is 26.4 Å². The van der Waals surface area contributed by atoms with E-state index in [9.17, 15) is 43.2 Å². The van der Waals surface area contributed by atoms with Crippen molar-refractivity contribution in [3.05, 3.63) is 0 Å². The number of phosphoric ester groups is 2. The van der Waals surface area contributed by atoms with Crippen molar-refractivity contribution in [1.82, 2.24) is 0 Å². The van der Waals surface area contributed by atoms with Crippen LogP contribution in [0.25, 0.3) is 0 Å². The summed E-state index contributed by atoms with van der Waals surface area (Å²) in [7, 11) is -9.91. The average molecular weight is 1440 g/mol. The number of aliphatic hydroxyl groups is 1. The first kappa shape index (κ1) is 96.1. The number of phosphoric acid groups is 2. The van der Waals surface area contributed by atoms with Crippen LogP contribution in [-0.4, -0.2) is 96.7 Å². The molecule has 17 nitrogen and oxygen atoms in total. The van der Waals surface area contributed by atoms with E-state index in [1.165, 1.54) is 225 Å². The van der Waals surface area contributed by atoms with Gasteiger partial charge in [0, 0.05) is 25.7 Å². The van der Waals surface area contributed by atoms with Crippen LogP contribution in [0.5, 0.6) is 0 Å². The quantitative estimate of drug-likeness (QED) is 0.0222.